The summed E-state index contributed by atoms with van der Waals surface area (Å²) < 4.78 is 6.06. The van der Waals surface area contributed by atoms with Gasteiger partial charge in [-0.1, -0.05) is 48.5 Å². The van der Waals surface area contributed by atoms with Crippen LogP contribution in [0.25, 0.3) is 11.0 Å². The Morgan fingerprint density at radius 2 is 1.81 bits per heavy atom. The third-order valence-corrected chi connectivity index (χ3v) is 5.41. The normalized spacial score (nSPS) is 16.3. The number of furan rings is 1. The van der Waals surface area contributed by atoms with Crippen molar-refractivity contribution in [1.82, 2.24) is 10.6 Å². The van der Waals surface area contributed by atoms with Crippen LogP contribution in [0.4, 0.5) is 0 Å². The standard InChI is InChI=1S/C23H26N2O2/c26-22(11-10-17-12-14-24-15-13-17)25-23(18-6-2-1-3-7-18)21-16-19-8-4-5-9-20(19)27-21/h1-9,16-17,23-24H,10-15H2,(H,25,26). The minimum Gasteiger partial charge on any atom is -0.459 e. The van der Waals surface area contributed by atoms with E-state index >= 15 is 0 Å². The summed E-state index contributed by atoms with van der Waals surface area (Å²) in [6.07, 6.45) is 3.85. The summed E-state index contributed by atoms with van der Waals surface area (Å²) in [4.78, 5) is 12.7. The average molecular weight is 362 g/mol. The first-order chi connectivity index (χ1) is 13.3. The van der Waals surface area contributed by atoms with Crippen LogP contribution in [-0.2, 0) is 4.79 Å². The first-order valence-electron chi connectivity index (χ1n) is 9.83. The van der Waals surface area contributed by atoms with Gasteiger partial charge in [0.15, 0.2) is 0 Å². The molecule has 140 valence electrons. The number of hydrogen-bond acceptors (Lipinski definition) is 3. The molecule has 1 saturated heterocycles. The van der Waals surface area contributed by atoms with Crippen LogP contribution < -0.4 is 10.6 Å². The molecule has 0 saturated carbocycles. The molecule has 2 aromatic carbocycles. The molecule has 4 nitrogen and oxygen atoms in total. The van der Waals surface area contributed by atoms with E-state index in [-0.39, 0.29) is 11.9 Å². The maximum absolute atomic E-state index is 12.7. The number of benzene rings is 2. The molecule has 1 unspecified atom stereocenters. The molecule has 0 radical (unpaired) electrons. The molecular formula is C23H26N2O2. The number of piperidine rings is 1. The topological polar surface area (TPSA) is 54.3 Å². The first-order valence-corrected chi connectivity index (χ1v) is 9.83. The van der Waals surface area contributed by atoms with Gasteiger partial charge in [-0.15, -0.1) is 0 Å². The minimum absolute atomic E-state index is 0.0860. The molecule has 2 heterocycles. The highest BCUT2D eigenvalue weighted by Gasteiger charge is 2.22. The fourth-order valence-electron chi connectivity index (χ4n) is 3.85. The molecule has 1 aromatic heterocycles. The Bertz CT molecular complexity index is 849. The van der Waals surface area contributed by atoms with Crippen LogP contribution in [0.2, 0.25) is 0 Å². The Hall–Kier alpha value is -2.59. The second-order valence-electron chi connectivity index (χ2n) is 7.33. The second kappa shape index (κ2) is 8.40. The second-order valence-corrected chi connectivity index (χ2v) is 7.33. The number of fused-ring (bicyclic) bond motifs is 1. The summed E-state index contributed by atoms with van der Waals surface area (Å²) in [6, 6.07) is 19.7. The van der Waals surface area contributed by atoms with E-state index in [1.807, 2.05) is 60.7 Å². The largest absolute Gasteiger partial charge is 0.459 e. The quantitative estimate of drug-likeness (QED) is 0.682. The van der Waals surface area contributed by atoms with Crippen LogP contribution in [0, 0.1) is 5.92 Å². The molecule has 1 aliphatic rings. The highest BCUT2D eigenvalue weighted by Crippen LogP contribution is 2.28. The fourth-order valence-corrected chi connectivity index (χ4v) is 3.85. The Labute approximate surface area is 160 Å². The Balaban J connectivity index is 1.50. The Kier molecular flexibility index (Phi) is 5.54. The lowest BCUT2D eigenvalue weighted by atomic mass is 9.93. The van der Waals surface area contributed by atoms with Gasteiger partial charge in [0.2, 0.25) is 5.91 Å². The van der Waals surface area contributed by atoms with E-state index in [1.165, 1.54) is 12.8 Å². The highest BCUT2D eigenvalue weighted by molar-refractivity contribution is 5.79. The molecule has 1 atom stereocenters. The van der Waals surface area contributed by atoms with Crippen LogP contribution in [-0.4, -0.2) is 19.0 Å². The molecule has 0 aliphatic carbocycles. The summed E-state index contributed by atoms with van der Waals surface area (Å²) >= 11 is 0. The van der Waals surface area contributed by atoms with Crippen LogP contribution in [0.5, 0.6) is 0 Å². The first kappa shape index (κ1) is 17.8. The van der Waals surface area contributed by atoms with Crippen molar-refractivity contribution in [2.75, 3.05) is 13.1 Å². The van der Waals surface area contributed by atoms with Crippen LogP contribution >= 0.6 is 0 Å². The van der Waals surface area contributed by atoms with Crippen LogP contribution in [0.3, 0.4) is 0 Å². The van der Waals surface area contributed by atoms with E-state index in [0.717, 1.165) is 41.8 Å². The van der Waals surface area contributed by atoms with Gasteiger partial charge in [-0.2, -0.15) is 0 Å². The van der Waals surface area contributed by atoms with Gasteiger partial charge in [0.05, 0.1) is 0 Å². The molecule has 4 rings (SSSR count). The molecule has 4 heteroatoms. The molecule has 1 aliphatic heterocycles. The van der Waals surface area contributed by atoms with E-state index in [0.29, 0.717) is 12.3 Å². The maximum atomic E-state index is 12.7. The molecule has 2 N–H and O–H groups in total. The highest BCUT2D eigenvalue weighted by atomic mass is 16.3. The lowest BCUT2D eigenvalue weighted by molar-refractivity contribution is -0.122. The summed E-state index contributed by atoms with van der Waals surface area (Å²) in [6.45, 7) is 2.13. The smallest absolute Gasteiger partial charge is 0.220 e. The number of para-hydroxylation sites is 1. The lowest BCUT2D eigenvalue weighted by Gasteiger charge is -2.23. The number of nitrogens with one attached hydrogen (secondary N) is 2. The van der Waals surface area contributed by atoms with E-state index in [4.69, 9.17) is 4.42 Å². The molecule has 0 spiro atoms. The number of carbonyl (C=O) groups is 1. The zero-order valence-electron chi connectivity index (χ0n) is 15.5. The lowest BCUT2D eigenvalue weighted by Crippen LogP contribution is -2.31. The third-order valence-electron chi connectivity index (χ3n) is 5.41. The Morgan fingerprint density at radius 1 is 1.07 bits per heavy atom. The van der Waals surface area contributed by atoms with Gasteiger partial charge in [0, 0.05) is 11.8 Å². The van der Waals surface area contributed by atoms with Gasteiger partial charge in [-0.25, -0.2) is 0 Å². The predicted octanol–water partition coefficient (Wildman–Crippen LogP) is 4.42. The molecule has 1 fully saturated rings. The maximum Gasteiger partial charge on any atom is 0.220 e. The summed E-state index contributed by atoms with van der Waals surface area (Å²) in [5, 5.41) is 7.63. The average Bonchev–Trinajstić information content (AvgIpc) is 3.16. The SMILES string of the molecule is O=C(CCC1CCNCC1)NC(c1ccccc1)c1cc2ccccc2o1. The van der Waals surface area contributed by atoms with Gasteiger partial charge >= 0.3 is 0 Å². The van der Waals surface area contributed by atoms with Crippen molar-refractivity contribution in [3.05, 3.63) is 72.0 Å². The number of rotatable bonds is 6. The summed E-state index contributed by atoms with van der Waals surface area (Å²) in [7, 11) is 0. The van der Waals surface area contributed by atoms with Gasteiger partial charge in [-0.3, -0.25) is 4.79 Å². The number of amides is 1. The van der Waals surface area contributed by atoms with E-state index in [9.17, 15) is 4.79 Å². The zero-order valence-corrected chi connectivity index (χ0v) is 15.5. The third kappa shape index (κ3) is 4.40. The van der Waals surface area contributed by atoms with Crippen molar-refractivity contribution in [1.29, 1.82) is 0 Å². The van der Waals surface area contributed by atoms with Gasteiger partial charge in [0.1, 0.15) is 17.4 Å². The molecule has 0 bridgehead atoms. The minimum atomic E-state index is -0.265. The fraction of sp³-hybridized carbons (Fsp3) is 0.348. The van der Waals surface area contributed by atoms with Crippen molar-refractivity contribution < 1.29 is 9.21 Å². The summed E-state index contributed by atoms with van der Waals surface area (Å²) in [5.74, 6) is 1.51. The van der Waals surface area contributed by atoms with E-state index < -0.39 is 0 Å². The zero-order chi connectivity index (χ0) is 18.5. The van der Waals surface area contributed by atoms with Gasteiger partial charge in [-0.05, 0) is 56.0 Å². The predicted molar refractivity (Wildman–Crippen MR) is 107 cm³/mol. The Morgan fingerprint density at radius 3 is 2.59 bits per heavy atom. The van der Waals surface area contributed by atoms with Crippen molar-refractivity contribution in [2.45, 2.75) is 31.7 Å². The molecule has 27 heavy (non-hydrogen) atoms. The molecular weight excluding hydrogens is 336 g/mol. The monoisotopic (exact) mass is 362 g/mol. The van der Waals surface area contributed by atoms with Crippen molar-refractivity contribution >= 4 is 16.9 Å². The van der Waals surface area contributed by atoms with Crippen molar-refractivity contribution in [2.24, 2.45) is 5.92 Å². The summed E-state index contributed by atoms with van der Waals surface area (Å²) in [5.41, 5.74) is 1.88. The number of carbonyl (C=O) groups excluding carboxylic acids is 1. The van der Waals surface area contributed by atoms with Gasteiger partial charge in [0.25, 0.3) is 0 Å². The number of hydrogen-bond donors (Lipinski definition) is 2. The molecule has 3 aromatic rings. The van der Waals surface area contributed by atoms with Crippen LogP contribution in [0.15, 0.2) is 65.1 Å². The van der Waals surface area contributed by atoms with Crippen LogP contribution in [0.1, 0.15) is 43.0 Å². The van der Waals surface area contributed by atoms with E-state index in [2.05, 4.69) is 10.6 Å². The van der Waals surface area contributed by atoms with Crippen molar-refractivity contribution in [3.63, 3.8) is 0 Å². The van der Waals surface area contributed by atoms with E-state index in [1.54, 1.807) is 0 Å². The van der Waals surface area contributed by atoms with Gasteiger partial charge < -0.3 is 15.1 Å². The van der Waals surface area contributed by atoms with Crippen molar-refractivity contribution in [3.8, 4) is 0 Å². The molecule has 1 amide bonds.